The van der Waals surface area contributed by atoms with Gasteiger partial charge in [0.25, 0.3) is 5.91 Å². The molecule has 1 N–H and O–H groups in total. The minimum absolute atomic E-state index is 0.129. The largest absolute Gasteiger partial charge is 0.489 e. The second-order valence-electron chi connectivity index (χ2n) is 7.74. The van der Waals surface area contributed by atoms with Gasteiger partial charge in [0.05, 0.1) is 4.90 Å². The molecule has 168 valence electrons. The third kappa shape index (κ3) is 5.96. The Kier molecular flexibility index (Phi) is 7.66. The third-order valence-corrected chi connectivity index (χ3v) is 7.19. The van der Waals surface area contributed by atoms with Gasteiger partial charge in [-0.2, -0.15) is 4.31 Å². The zero-order valence-electron chi connectivity index (χ0n) is 18.5. The molecule has 0 radical (unpaired) electrons. The van der Waals surface area contributed by atoms with Gasteiger partial charge in [-0.3, -0.25) is 4.79 Å². The Labute approximate surface area is 189 Å². The van der Waals surface area contributed by atoms with Crippen molar-refractivity contribution in [2.75, 3.05) is 7.05 Å². The van der Waals surface area contributed by atoms with E-state index < -0.39 is 10.0 Å². The lowest BCUT2D eigenvalue weighted by molar-refractivity contribution is 0.0951. The summed E-state index contributed by atoms with van der Waals surface area (Å²) in [5.41, 5.74) is 2.33. The highest BCUT2D eigenvalue weighted by Gasteiger charge is 2.22. The average molecular weight is 453 g/mol. The van der Waals surface area contributed by atoms with E-state index in [-0.39, 0.29) is 16.8 Å². The highest BCUT2D eigenvalue weighted by atomic mass is 32.2. The molecule has 0 heterocycles. The van der Waals surface area contributed by atoms with E-state index in [4.69, 9.17) is 4.74 Å². The first kappa shape index (κ1) is 23.5. The summed E-state index contributed by atoms with van der Waals surface area (Å²) >= 11 is 0. The molecule has 0 unspecified atom stereocenters. The maximum absolute atomic E-state index is 12.5. The van der Waals surface area contributed by atoms with Gasteiger partial charge in [-0.1, -0.05) is 42.5 Å². The summed E-state index contributed by atoms with van der Waals surface area (Å²) in [7, 11) is -1.96. The molecule has 7 heteroatoms. The normalized spacial score (nSPS) is 11.5. The third-order valence-electron chi connectivity index (χ3n) is 5.15. The molecule has 0 bridgehead atoms. The number of carbonyl (C=O) groups is 1. The zero-order chi connectivity index (χ0) is 23.1. The van der Waals surface area contributed by atoms with Crippen LogP contribution >= 0.6 is 0 Å². The van der Waals surface area contributed by atoms with Crippen molar-refractivity contribution in [2.45, 2.75) is 37.9 Å². The minimum atomic E-state index is -3.52. The van der Waals surface area contributed by atoms with Crippen LogP contribution in [0.2, 0.25) is 0 Å². The molecule has 3 aromatic rings. The summed E-state index contributed by atoms with van der Waals surface area (Å²) in [6, 6.07) is 23.2. The van der Waals surface area contributed by atoms with Gasteiger partial charge in [0.15, 0.2) is 0 Å². The van der Waals surface area contributed by atoms with E-state index in [0.29, 0.717) is 18.7 Å². The quantitative estimate of drug-likeness (QED) is 0.527. The number of carbonyl (C=O) groups excluding carboxylic acids is 1. The number of benzene rings is 3. The Bertz CT molecular complexity index is 1130. The monoisotopic (exact) mass is 452 g/mol. The van der Waals surface area contributed by atoms with Crippen molar-refractivity contribution in [1.29, 1.82) is 0 Å². The van der Waals surface area contributed by atoms with Crippen molar-refractivity contribution in [3.63, 3.8) is 0 Å². The Hall–Kier alpha value is -3.16. The molecule has 0 fully saturated rings. The summed E-state index contributed by atoms with van der Waals surface area (Å²) in [5.74, 6) is 0.598. The van der Waals surface area contributed by atoms with E-state index in [1.54, 1.807) is 43.4 Å². The number of hydrogen-bond acceptors (Lipinski definition) is 4. The van der Waals surface area contributed by atoms with Gasteiger partial charge in [-0.25, -0.2) is 8.42 Å². The molecule has 0 saturated heterocycles. The molecule has 0 aromatic heterocycles. The van der Waals surface area contributed by atoms with Crippen LogP contribution in [0.5, 0.6) is 5.75 Å². The van der Waals surface area contributed by atoms with Gasteiger partial charge in [-0.15, -0.1) is 0 Å². The minimum Gasteiger partial charge on any atom is -0.489 e. The SMILES string of the molecule is CC(C)N(C)S(=O)(=O)c1ccc(CNC(=O)c2ccc(COc3ccccc3)cc2)cc1. The number of sulfonamides is 1. The zero-order valence-corrected chi connectivity index (χ0v) is 19.3. The maximum atomic E-state index is 12.5. The van der Waals surface area contributed by atoms with E-state index >= 15 is 0 Å². The summed E-state index contributed by atoms with van der Waals surface area (Å²) in [4.78, 5) is 12.7. The molecule has 1 amide bonds. The van der Waals surface area contributed by atoms with Gasteiger partial charge in [0.2, 0.25) is 10.0 Å². The van der Waals surface area contributed by atoms with Crippen molar-refractivity contribution < 1.29 is 17.9 Å². The number of para-hydroxylation sites is 1. The number of nitrogens with zero attached hydrogens (tertiary/aromatic N) is 1. The van der Waals surface area contributed by atoms with Crippen molar-refractivity contribution >= 4 is 15.9 Å². The van der Waals surface area contributed by atoms with Crippen LogP contribution in [0.1, 0.15) is 35.3 Å². The fourth-order valence-electron chi connectivity index (χ4n) is 2.94. The smallest absolute Gasteiger partial charge is 0.251 e. The van der Waals surface area contributed by atoms with Crippen molar-refractivity contribution in [1.82, 2.24) is 9.62 Å². The van der Waals surface area contributed by atoms with E-state index in [1.165, 1.54) is 4.31 Å². The van der Waals surface area contributed by atoms with Crippen LogP contribution in [-0.2, 0) is 23.2 Å². The lowest BCUT2D eigenvalue weighted by Crippen LogP contribution is -2.33. The molecule has 3 rings (SSSR count). The molecule has 0 saturated carbocycles. The number of ether oxygens (including phenoxy) is 1. The Morgan fingerprint density at radius 2 is 1.50 bits per heavy atom. The predicted molar refractivity (Wildman–Crippen MR) is 125 cm³/mol. The number of nitrogens with one attached hydrogen (secondary N) is 1. The number of amides is 1. The molecule has 0 aliphatic carbocycles. The van der Waals surface area contributed by atoms with Crippen LogP contribution in [0.25, 0.3) is 0 Å². The lowest BCUT2D eigenvalue weighted by atomic mass is 10.1. The average Bonchev–Trinajstić information content (AvgIpc) is 2.82. The highest BCUT2D eigenvalue weighted by Crippen LogP contribution is 2.17. The van der Waals surface area contributed by atoms with Crippen molar-refractivity contribution in [3.8, 4) is 5.75 Å². The lowest BCUT2D eigenvalue weighted by Gasteiger charge is -2.21. The van der Waals surface area contributed by atoms with Crippen LogP contribution in [0.4, 0.5) is 0 Å². The molecular formula is C25H28N2O4S. The predicted octanol–water partition coefficient (Wildman–Crippen LogP) is 4.22. The van der Waals surface area contributed by atoms with Crippen LogP contribution in [-0.4, -0.2) is 31.7 Å². The molecule has 6 nitrogen and oxygen atoms in total. The van der Waals surface area contributed by atoms with E-state index in [1.807, 2.05) is 56.3 Å². The maximum Gasteiger partial charge on any atom is 0.251 e. The Morgan fingerprint density at radius 3 is 2.09 bits per heavy atom. The van der Waals surface area contributed by atoms with E-state index in [0.717, 1.165) is 16.9 Å². The van der Waals surface area contributed by atoms with Crippen LogP contribution in [0.3, 0.4) is 0 Å². The fraction of sp³-hybridized carbons (Fsp3) is 0.240. The van der Waals surface area contributed by atoms with E-state index in [9.17, 15) is 13.2 Å². The first-order chi connectivity index (χ1) is 15.3. The molecular weight excluding hydrogens is 424 g/mol. The van der Waals surface area contributed by atoms with Gasteiger partial charge in [0, 0.05) is 25.2 Å². The molecule has 0 atom stereocenters. The van der Waals surface area contributed by atoms with Crippen LogP contribution in [0.15, 0.2) is 83.8 Å². The molecule has 3 aromatic carbocycles. The van der Waals surface area contributed by atoms with Crippen molar-refractivity contribution in [3.05, 3.63) is 95.6 Å². The van der Waals surface area contributed by atoms with Crippen LogP contribution in [0, 0.1) is 0 Å². The van der Waals surface area contributed by atoms with Gasteiger partial charge in [-0.05, 0) is 61.4 Å². The summed E-state index contributed by atoms with van der Waals surface area (Å²) in [6.07, 6.45) is 0. The van der Waals surface area contributed by atoms with E-state index in [2.05, 4.69) is 5.32 Å². The first-order valence-electron chi connectivity index (χ1n) is 10.4. The summed E-state index contributed by atoms with van der Waals surface area (Å²) in [6.45, 7) is 4.37. The summed E-state index contributed by atoms with van der Waals surface area (Å²) < 4.78 is 32.1. The Balaban J connectivity index is 1.54. The molecule has 0 aliphatic heterocycles. The number of hydrogen-bond donors (Lipinski definition) is 1. The van der Waals surface area contributed by atoms with Crippen molar-refractivity contribution in [2.24, 2.45) is 0 Å². The Morgan fingerprint density at radius 1 is 0.906 bits per heavy atom. The summed E-state index contributed by atoms with van der Waals surface area (Å²) in [5, 5.41) is 2.86. The topological polar surface area (TPSA) is 75.7 Å². The molecule has 0 aliphatic rings. The molecule has 0 spiro atoms. The fourth-order valence-corrected chi connectivity index (χ4v) is 4.31. The standard InChI is InChI=1S/C25H28N2O4S/c1-19(2)27(3)32(29,30)24-15-11-20(12-16-24)17-26-25(28)22-13-9-21(10-14-22)18-31-23-7-5-4-6-8-23/h4-16,19H,17-18H2,1-3H3,(H,26,28). The second kappa shape index (κ2) is 10.4. The first-order valence-corrected chi connectivity index (χ1v) is 11.8. The van der Waals surface area contributed by atoms with Gasteiger partial charge in [0.1, 0.15) is 12.4 Å². The highest BCUT2D eigenvalue weighted by molar-refractivity contribution is 7.89. The van der Waals surface area contributed by atoms with Gasteiger partial charge >= 0.3 is 0 Å². The van der Waals surface area contributed by atoms with Crippen LogP contribution < -0.4 is 10.1 Å². The van der Waals surface area contributed by atoms with Gasteiger partial charge < -0.3 is 10.1 Å². The number of rotatable bonds is 9. The second-order valence-corrected chi connectivity index (χ2v) is 9.74. The molecule has 32 heavy (non-hydrogen) atoms.